The fourth-order valence-corrected chi connectivity index (χ4v) is 4.47. The molecule has 1 saturated heterocycles. The van der Waals surface area contributed by atoms with Gasteiger partial charge in [-0.2, -0.15) is 0 Å². The van der Waals surface area contributed by atoms with Crippen LogP contribution in [0.5, 0.6) is 0 Å². The molecule has 1 saturated carbocycles. The monoisotopic (exact) mass is 440 g/mol. The van der Waals surface area contributed by atoms with Gasteiger partial charge in [0, 0.05) is 31.1 Å². The van der Waals surface area contributed by atoms with E-state index in [1.807, 2.05) is 4.90 Å². The van der Waals surface area contributed by atoms with Crippen LogP contribution in [0.25, 0.3) is 0 Å². The molecular weight excluding hydrogens is 416 g/mol. The lowest BCUT2D eigenvalue weighted by Crippen LogP contribution is -2.40. The number of nitrogens with one attached hydrogen (secondary N) is 2. The van der Waals surface area contributed by atoms with Gasteiger partial charge >= 0.3 is 0 Å². The van der Waals surface area contributed by atoms with E-state index < -0.39 is 0 Å². The van der Waals surface area contributed by atoms with Crippen LogP contribution in [-0.2, 0) is 9.59 Å². The van der Waals surface area contributed by atoms with E-state index in [4.69, 9.17) is 11.6 Å². The van der Waals surface area contributed by atoms with E-state index >= 15 is 0 Å². The van der Waals surface area contributed by atoms with Crippen molar-refractivity contribution in [2.75, 3.05) is 17.2 Å². The molecule has 0 unspecified atom stereocenters. The Kier molecular flexibility index (Phi) is 6.51. The van der Waals surface area contributed by atoms with Crippen LogP contribution in [0.2, 0.25) is 5.02 Å². The van der Waals surface area contributed by atoms with Crippen molar-refractivity contribution < 1.29 is 14.4 Å². The second-order valence-corrected chi connectivity index (χ2v) is 8.48. The number of carbonyl (C=O) groups excluding carboxylic acids is 3. The number of carbonyl (C=O) groups is 3. The number of amides is 3. The first-order valence-corrected chi connectivity index (χ1v) is 11.0. The summed E-state index contributed by atoms with van der Waals surface area (Å²) in [5.41, 5.74) is 0.833. The van der Waals surface area contributed by atoms with E-state index in [-0.39, 0.29) is 29.7 Å². The summed E-state index contributed by atoms with van der Waals surface area (Å²) in [6.45, 7) is 0.839. The number of pyridine rings is 1. The number of rotatable bonds is 5. The molecule has 3 amide bonds. The second kappa shape index (κ2) is 9.47. The first-order valence-electron chi connectivity index (χ1n) is 10.6. The molecule has 0 radical (unpaired) electrons. The summed E-state index contributed by atoms with van der Waals surface area (Å²) < 4.78 is 0. The minimum absolute atomic E-state index is 0.0870. The molecule has 7 nitrogen and oxygen atoms in total. The molecule has 4 rings (SSSR count). The molecule has 1 aliphatic carbocycles. The van der Waals surface area contributed by atoms with Crippen LogP contribution >= 0.6 is 11.6 Å². The van der Waals surface area contributed by atoms with Crippen LogP contribution in [0.4, 0.5) is 11.5 Å². The normalized spacial score (nSPS) is 21.1. The Morgan fingerprint density at radius 1 is 1.03 bits per heavy atom. The van der Waals surface area contributed by atoms with Crippen molar-refractivity contribution in [2.45, 2.75) is 44.6 Å². The highest BCUT2D eigenvalue weighted by Crippen LogP contribution is 2.31. The third kappa shape index (κ3) is 5.05. The molecule has 0 bridgehead atoms. The molecule has 2 aliphatic rings. The Hall–Kier alpha value is -2.93. The Labute approximate surface area is 186 Å². The van der Waals surface area contributed by atoms with E-state index in [2.05, 4.69) is 15.6 Å². The summed E-state index contributed by atoms with van der Waals surface area (Å²) >= 11 is 5.83. The lowest BCUT2D eigenvalue weighted by atomic mass is 9.84. The Morgan fingerprint density at radius 2 is 1.81 bits per heavy atom. The summed E-state index contributed by atoms with van der Waals surface area (Å²) in [6.07, 6.45) is 6.19. The van der Waals surface area contributed by atoms with E-state index in [0.717, 1.165) is 38.6 Å². The molecule has 2 fully saturated rings. The summed E-state index contributed by atoms with van der Waals surface area (Å²) in [6, 6.07) is 10.4. The maximum Gasteiger partial charge on any atom is 0.258 e. The molecule has 1 aromatic carbocycles. The van der Waals surface area contributed by atoms with Crippen LogP contribution in [0.3, 0.4) is 0 Å². The van der Waals surface area contributed by atoms with Gasteiger partial charge in [-0.05, 0) is 56.4 Å². The number of aromatic nitrogens is 1. The molecule has 162 valence electrons. The second-order valence-electron chi connectivity index (χ2n) is 8.05. The Bertz CT molecular complexity index is 971. The van der Waals surface area contributed by atoms with Gasteiger partial charge in [0.2, 0.25) is 11.8 Å². The minimum Gasteiger partial charge on any atom is -0.340 e. The van der Waals surface area contributed by atoms with E-state index in [1.54, 1.807) is 36.4 Å². The average molecular weight is 441 g/mol. The molecule has 0 atom stereocenters. The van der Waals surface area contributed by atoms with Gasteiger partial charge in [0.1, 0.15) is 5.82 Å². The van der Waals surface area contributed by atoms with Gasteiger partial charge < -0.3 is 15.5 Å². The number of hydrogen-bond acceptors (Lipinski definition) is 4. The number of halogens is 1. The third-order valence-corrected chi connectivity index (χ3v) is 6.24. The number of likely N-dealkylation sites (tertiary alicyclic amines) is 1. The fraction of sp³-hybridized carbons (Fsp3) is 0.391. The van der Waals surface area contributed by atoms with Crippen molar-refractivity contribution in [2.24, 2.45) is 5.92 Å². The summed E-state index contributed by atoms with van der Waals surface area (Å²) in [5, 5.41) is 6.13. The Balaban J connectivity index is 1.37. The molecular formula is C23H25ClN4O3. The molecule has 8 heteroatoms. The van der Waals surface area contributed by atoms with E-state index in [0.29, 0.717) is 28.5 Å². The van der Waals surface area contributed by atoms with Crippen molar-refractivity contribution in [3.63, 3.8) is 0 Å². The van der Waals surface area contributed by atoms with E-state index in [9.17, 15) is 14.4 Å². The van der Waals surface area contributed by atoms with Gasteiger partial charge in [-0.15, -0.1) is 0 Å². The van der Waals surface area contributed by atoms with Crippen LogP contribution in [0, 0.1) is 5.92 Å². The number of hydrogen-bond donors (Lipinski definition) is 2. The maximum absolute atomic E-state index is 12.9. The number of nitrogens with zero attached hydrogens (tertiary/aromatic N) is 2. The first kappa shape index (κ1) is 21.3. The van der Waals surface area contributed by atoms with Gasteiger partial charge in [-0.25, -0.2) is 4.98 Å². The predicted molar refractivity (Wildman–Crippen MR) is 119 cm³/mol. The SMILES string of the molecule is O=C(Nc1ccc(Cl)cn1)c1ccccc1NC(=O)C1CCC(N2CCCC2=O)CC1. The quantitative estimate of drug-likeness (QED) is 0.732. The maximum atomic E-state index is 12.9. The summed E-state index contributed by atoms with van der Waals surface area (Å²) in [4.78, 5) is 43.6. The highest BCUT2D eigenvalue weighted by Gasteiger charge is 2.33. The van der Waals surface area contributed by atoms with Gasteiger partial charge in [0.15, 0.2) is 0 Å². The molecule has 2 aromatic rings. The van der Waals surface area contributed by atoms with Crippen LogP contribution < -0.4 is 10.6 Å². The van der Waals surface area contributed by atoms with Crippen molar-refractivity contribution in [3.05, 3.63) is 53.2 Å². The van der Waals surface area contributed by atoms with Crippen LogP contribution in [-0.4, -0.2) is 40.2 Å². The molecule has 31 heavy (non-hydrogen) atoms. The van der Waals surface area contributed by atoms with E-state index in [1.165, 1.54) is 6.20 Å². The van der Waals surface area contributed by atoms with Gasteiger partial charge in [0.25, 0.3) is 5.91 Å². The molecule has 2 heterocycles. The third-order valence-electron chi connectivity index (χ3n) is 6.02. The molecule has 1 aliphatic heterocycles. The number of para-hydroxylation sites is 1. The molecule has 2 N–H and O–H groups in total. The largest absolute Gasteiger partial charge is 0.340 e. The number of benzene rings is 1. The fourth-order valence-electron chi connectivity index (χ4n) is 4.36. The zero-order chi connectivity index (χ0) is 21.8. The smallest absolute Gasteiger partial charge is 0.258 e. The lowest BCUT2D eigenvalue weighted by molar-refractivity contribution is -0.130. The van der Waals surface area contributed by atoms with Crippen molar-refractivity contribution >= 4 is 40.8 Å². The van der Waals surface area contributed by atoms with Crippen molar-refractivity contribution in [3.8, 4) is 0 Å². The minimum atomic E-state index is -0.359. The zero-order valence-corrected chi connectivity index (χ0v) is 17.9. The molecule has 0 spiro atoms. The highest BCUT2D eigenvalue weighted by molar-refractivity contribution is 6.30. The van der Waals surface area contributed by atoms with Gasteiger partial charge in [0.05, 0.1) is 16.3 Å². The first-order chi connectivity index (χ1) is 15.0. The topological polar surface area (TPSA) is 91.4 Å². The predicted octanol–water partition coefficient (Wildman–Crippen LogP) is 4.11. The Morgan fingerprint density at radius 3 is 2.48 bits per heavy atom. The standard InChI is InChI=1S/C23H25ClN4O3/c24-16-9-12-20(25-14-16)27-23(31)18-4-1-2-5-19(18)26-22(30)15-7-10-17(11-8-15)28-13-3-6-21(28)29/h1-2,4-5,9,12,14-15,17H,3,6-8,10-11,13H2,(H,26,30)(H,25,27,31). The van der Waals surface area contributed by atoms with Gasteiger partial charge in [-0.3, -0.25) is 14.4 Å². The zero-order valence-electron chi connectivity index (χ0n) is 17.1. The summed E-state index contributed by atoms with van der Waals surface area (Å²) in [7, 11) is 0. The van der Waals surface area contributed by atoms with Crippen LogP contribution in [0.1, 0.15) is 48.9 Å². The van der Waals surface area contributed by atoms with Crippen LogP contribution in [0.15, 0.2) is 42.6 Å². The average Bonchev–Trinajstić information content (AvgIpc) is 3.21. The van der Waals surface area contributed by atoms with Crippen molar-refractivity contribution in [1.29, 1.82) is 0 Å². The number of anilines is 2. The van der Waals surface area contributed by atoms with Gasteiger partial charge in [-0.1, -0.05) is 23.7 Å². The van der Waals surface area contributed by atoms with Crippen molar-refractivity contribution in [1.82, 2.24) is 9.88 Å². The lowest BCUT2D eigenvalue weighted by Gasteiger charge is -2.34. The summed E-state index contributed by atoms with van der Waals surface area (Å²) in [5.74, 6) is 0.0503. The molecule has 1 aromatic heterocycles. The highest BCUT2D eigenvalue weighted by atomic mass is 35.5.